The van der Waals surface area contributed by atoms with E-state index < -0.39 is 5.92 Å². The average Bonchev–Trinajstić information content (AvgIpc) is 2.35. The lowest BCUT2D eigenvalue weighted by molar-refractivity contribution is -0.0320. The third-order valence-corrected chi connectivity index (χ3v) is 4.51. The first-order chi connectivity index (χ1) is 9.66. The smallest absolute Gasteiger partial charge is 0.207 e. The molecule has 0 aliphatic carbocycles. The standard InChI is InChI=1S/C19H38F2/c1-7-18(10-8-15(2)3)11-9-17(6)12-13-19(20,21)14-16(4)5/h15-18H,7-14H2,1-6H3. The molecule has 0 amide bonds. The van der Waals surface area contributed by atoms with Crippen molar-refractivity contribution in [3.8, 4) is 0 Å². The van der Waals surface area contributed by atoms with Gasteiger partial charge in [0, 0.05) is 12.8 Å². The second-order valence-electron chi connectivity index (χ2n) is 7.92. The van der Waals surface area contributed by atoms with Crippen molar-refractivity contribution in [3.63, 3.8) is 0 Å². The van der Waals surface area contributed by atoms with E-state index in [1.165, 1.54) is 25.7 Å². The summed E-state index contributed by atoms with van der Waals surface area (Å²) in [6.07, 6.45) is 6.89. The maximum Gasteiger partial charge on any atom is 0.248 e. The van der Waals surface area contributed by atoms with Crippen LogP contribution in [-0.2, 0) is 0 Å². The molecule has 2 heteroatoms. The molecule has 0 N–H and O–H groups in total. The fourth-order valence-corrected chi connectivity index (χ4v) is 2.94. The number of hydrogen-bond acceptors (Lipinski definition) is 0. The van der Waals surface area contributed by atoms with Gasteiger partial charge in [0.05, 0.1) is 0 Å². The molecule has 2 unspecified atom stereocenters. The first-order valence-electron chi connectivity index (χ1n) is 9.04. The number of hydrogen-bond donors (Lipinski definition) is 0. The van der Waals surface area contributed by atoms with Gasteiger partial charge in [0.25, 0.3) is 0 Å². The van der Waals surface area contributed by atoms with E-state index in [4.69, 9.17) is 0 Å². The topological polar surface area (TPSA) is 0 Å². The predicted octanol–water partition coefficient (Wildman–Crippen LogP) is 7.33. The SMILES string of the molecule is CCC(CCC(C)C)CCC(C)CCC(F)(F)CC(C)C. The van der Waals surface area contributed by atoms with Gasteiger partial charge in [-0.25, -0.2) is 8.78 Å². The molecular weight excluding hydrogens is 266 g/mol. The summed E-state index contributed by atoms with van der Waals surface area (Å²) in [5.41, 5.74) is 0. The summed E-state index contributed by atoms with van der Waals surface area (Å²) in [6.45, 7) is 12.7. The Labute approximate surface area is 132 Å². The lowest BCUT2D eigenvalue weighted by Crippen LogP contribution is -2.20. The second kappa shape index (κ2) is 10.6. The van der Waals surface area contributed by atoms with Crippen molar-refractivity contribution >= 4 is 0 Å². The monoisotopic (exact) mass is 304 g/mol. The Kier molecular flexibility index (Phi) is 10.5. The number of alkyl halides is 2. The molecule has 0 aromatic heterocycles. The molecule has 128 valence electrons. The Morgan fingerprint density at radius 3 is 1.81 bits per heavy atom. The van der Waals surface area contributed by atoms with Crippen LogP contribution in [0.3, 0.4) is 0 Å². The van der Waals surface area contributed by atoms with Crippen LogP contribution in [0.2, 0.25) is 0 Å². The van der Waals surface area contributed by atoms with Crippen LogP contribution < -0.4 is 0 Å². The highest BCUT2D eigenvalue weighted by Crippen LogP contribution is 2.31. The molecule has 0 spiro atoms. The molecule has 0 aliphatic heterocycles. The fraction of sp³-hybridized carbons (Fsp3) is 1.00. The molecular formula is C19H38F2. The summed E-state index contributed by atoms with van der Waals surface area (Å²) in [5.74, 6) is -0.409. The first-order valence-corrected chi connectivity index (χ1v) is 9.04. The van der Waals surface area contributed by atoms with Gasteiger partial charge in [0.15, 0.2) is 0 Å². The summed E-state index contributed by atoms with van der Waals surface area (Å²) in [4.78, 5) is 0. The first kappa shape index (κ1) is 20.9. The molecule has 0 radical (unpaired) electrons. The van der Waals surface area contributed by atoms with Crippen LogP contribution >= 0.6 is 0 Å². The van der Waals surface area contributed by atoms with Crippen molar-refractivity contribution < 1.29 is 8.78 Å². The van der Waals surface area contributed by atoms with Gasteiger partial charge in [-0.15, -0.1) is 0 Å². The molecule has 0 aliphatic rings. The molecule has 0 fully saturated rings. The lowest BCUT2D eigenvalue weighted by Gasteiger charge is -2.22. The van der Waals surface area contributed by atoms with Gasteiger partial charge in [-0.1, -0.05) is 73.6 Å². The number of rotatable bonds is 12. The van der Waals surface area contributed by atoms with Crippen LogP contribution in [0, 0.1) is 23.7 Å². The number of halogens is 2. The van der Waals surface area contributed by atoms with Crippen molar-refractivity contribution in [2.75, 3.05) is 0 Å². The van der Waals surface area contributed by atoms with E-state index >= 15 is 0 Å². The summed E-state index contributed by atoms with van der Waals surface area (Å²) >= 11 is 0. The summed E-state index contributed by atoms with van der Waals surface area (Å²) < 4.78 is 27.4. The Morgan fingerprint density at radius 1 is 0.762 bits per heavy atom. The highest BCUT2D eigenvalue weighted by Gasteiger charge is 2.29. The molecule has 0 heterocycles. The Hall–Kier alpha value is -0.140. The van der Waals surface area contributed by atoms with Gasteiger partial charge in [0.1, 0.15) is 0 Å². The predicted molar refractivity (Wildman–Crippen MR) is 89.9 cm³/mol. The van der Waals surface area contributed by atoms with Gasteiger partial charge < -0.3 is 0 Å². The van der Waals surface area contributed by atoms with E-state index in [0.29, 0.717) is 12.3 Å². The zero-order valence-electron chi connectivity index (χ0n) is 15.2. The zero-order valence-corrected chi connectivity index (χ0v) is 15.2. The van der Waals surface area contributed by atoms with Crippen molar-refractivity contribution in [2.45, 2.75) is 98.8 Å². The van der Waals surface area contributed by atoms with E-state index in [1.54, 1.807) is 0 Å². The lowest BCUT2D eigenvalue weighted by atomic mass is 9.87. The summed E-state index contributed by atoms with van der Waals surface area (Å²) in [6, 6.07) is 0. The Bertz CT molecular complexity index is 246. The van der Waals surface area contributed by atoms with Crippen LogP contribution in [0.15, 0.2) is 0 Å². The average molecular weight is 305 g/mol. The molecule has 0 aromatic carbocycles. The minimum absolute atomic E-state index is 0.0334. The van der Waals surface area contributed by atoms with Gasteiger partial charge in [0.2, 0.25) is 5.92 Å². The van der Waals surface area contributed by atoms with Crippen molar-refractivity contribution in [1.29, 1.82) is 0 Å². The van der Waals surface area contributed by atoms with Crippen LogP contribution in [0.25, 0.3) is 0 Å². The van der Waals surface area contributed by atoms with Crippen molar-refractivity contribution in [1.82, 2.24) is 0 Å². The van der Waals surface area contributed by atoms with Crippen LogP contribution in [0.4, 0.5) is 8.78 Å². The van der Waals surface area contributed by atoms with E-state index in [2.05, 4.69) is 27.7 Å². The van der Waals surface area contributed by atoms with Gasteiger partial charge >= 0.3 is 0 Å². The molecule has 21 heavy (non-hydrogen) atoms. The second-order valence-corrected chi connectivity index (χ2v) is 7.92. The molecule has 0 bridgehead atoms. The van der Waals surface area contributed by atoms with Gasteiger partial charge in [-0.3, -0.25) is 0 Å². The molecule has 0 saturated heterocycles. The summed E-state index contributed by atoms with van der Waals surface area (Å²) in [7, 11) is 0. The molecule has 0 rings (SSSR count). The Balaban J connectivity index is 3.94. The largest absolute Gasteiger partial charge is 0.248 e. The minimum atomic E-state index is -2.47. The maximum absolute atomic E-state index is 13.7. The van der Waals surface area contributed by atoms with E-state index in [0.717, 1.165) is 18.3 Å². The van der Waals surface area contributed by atoms with E-state index in [9.17, 15) is 8.78 Å². The Morgan fingerprint density at radius 2 is 1.33 bits per heavy atom. The molecule has 0 saturated carbocycles. The third-order valence-electron chi connectivity index (χ3n) is 4.51. The molecule has 0 nitrogen and oxygen atoms in total. The highest BCUT2D eigenvalue weighted by atomic mass is 19.3. The maximum atomic E-state index is 13.7. The van der Waals surface area contributed by atoms with Crippen LogP contribution in [-0.4, -0.2) is 5.92 Å². The molecule has 2 atom stereocenters. The third kappa shape index (κ3) is 12.1. The van der Waals surface area contributed by atoms with Gasteiger partial charge in [-0.05, 0) is 30.1 Å². The van der Waals surface area contributed by atoms with E-state index in [1.807, 2.05) is 13.8 Å². The van der Waals surface area contributed by atoms with Crippen LogP contribution in [0.5, 0.6) is 0 Å². The van der Waals surface area contributed by atoms with Crippen LogP contribution in [0.1, 0.15) is 92.9 Å². The minimum Gasteiger partial charge on any atom is -0.207 e. The van der Waals surface area contributed by atoms with Gasteiger partial charge in [-0.2, -0.15) is 0 Å². The van der Waals surface area contributed by atoms with Crippen molar-refractivity contribution in [2.24, 2.45) is 23.7 Å². The normalized spacial score (nSPS) is 15.7. The molecule has 0 aromatic rings. The van der Waals surface area contributed by atoms with Crippen molar-refractivity contribution in [3.05, 3.63) is 0 Å². The fourth-order valence-electron chi connectivity index (χ4n) is 2.94. The highest BCUT2D eigenvalue weighted by molar-refractivity contribution is 4.71. The van der Waals surface area contributed by atoms with E-state index in [-0.39, 0.29) is 18.8 Å². The quantitative estimate of drug-likeness (QED) is 0.354. The zero-order chi connectivity index (χ0) is 16.5. The summed E-state index contributed by atoms with van der Waals surface area (Å²) in [5, 5.41) is 0.